The number of ether oxygens (including phenoxy) is 1. The number of halogens is 6. The minimum absolute atomic E-state index is 0.431. The van der Waals surface area contributed by atoms with Gasteiger partial charge in [0.25, 0.3) is 0 Å². The van der Waals surface area contributed by atoms with Gasteiger partial charge in [-0.3, -0.25) is 4.90 Å². The van der Waals surface area contributed by atoms with Gasteiger partial charge in [0, 0.05) is 31.5 Å². The lowest BCUT2D eigenvalue weighted by atomic mass is 9.93. The number of aryl methyl sites for hydroxylation is 1. The van der Waals surface area contributed by atoms with Crippen LogP contribution in [0.2, 0.25) is 0 Å². The van der Waals surface area contributed by atoms with E-state index < -0.39 is 24.3 Å². The topological polar surface area (TPSA) is 103 Å². The van der Waals surface area contributed by atoms with Gasteiger partial charge < -0.3 is 24.3 Å². The predicted molar refractivity (Wildman–Crippen MR) is 101 cm³/mol. The highest BCUT2D eigenvalue weighted by atomic mass is 19.4. The zero-order valence-electron chi connectivity index (χ0n) is 18.1. The average Bonchev–Trinajstić information content (AvgIpc) is 3.32. The summed E-state index contributed by atoms with van der Waals surface area (Å²) in [6, 6.07) is 4.12. The Morgan fingerprint density at radius 1 is 1.06 bits per heavy atom. The van der Waals surface area contributed by atoms with Gasteiger partial charge in [-0.05, 0) is 33.2 Å². The Morgan fingerprint density at radius 2 is 1.58 bits per heavy atom. The van der Waals surface area contributed by atoms with Gasteiger partial charge in [-0.15, -0.1) is 0 Å². The van der Waals surface area contributed by atoms with Crippen molar-refractivity contribution in [3.05, 3.63) is 23.7 Å². The SMILES string of the molecule is Cc1ccc(CN2C[C@@H]3[C@@H](CN(C)C)CO[C@@H]3C2)o1.O=C(O)C(F)(F)F.O=C(O)C(F)(F)F. The van der Waals surface area contributed by atoms with E-state index in [0.717, 1.165) is 44.3 Å². The van der Waals surface area contributed by atoms with E-state index in [4.69, 9.17) is 29.0 Å². The number of likely N-dealkylation sites (tertiary alicyclic amines) is 1. The quantitative estimate of drug-likeness (QED) is 0.619. The molecule has 2 aliphatic heterocycles. The molecule has 0 aliphatic carbocycles. The van der Waals surface area contributed by atoms with E-state index in [2.05, 4.69) is 30.0 Å². The highest BCUT2D eigenvalue weighted by Gasteiger charge is 2.43. The molecule has 8 nitrogen and oxygen atoms in total. The second-order valence-electron chi connectivity index (χ2n) is 7.87. The molecule has 3 heterocycles. The van der Waals surface area contributed by atoms with Gasteiger partial charge in [-0.25, -0.2) is 9.59 Å². The summed E-state index contributed by atoms with van der Waals surface area (Å²) in [5.74, 6) is -2.07. The number of carboxylic acids is 2. The van der Waals surface area contributed by atoms with Crippen LogP contribution >= 0.6 is 0 Å². The molecule has 3 rings (SSSR count). The molecular weight excluding hydrogens is 466 g/mol. The van der Waals surface area contributed by atoms with E-state index >= 15 is 0 Å². The van der Waals surface area contributed by atoms with Gasteiger partial charge in [0.1, 0.15) is 11.5 Å². The van der Waals surface area contributed by atoms with Crippen molar-refractivity contribution in [1.29, 1.82) is 0 Å². The lowest BCUT2D eigenvalue weighted by molar-refractivity contribution is -0.193. The maximum absolute atomic E-state index is 10.6. The maximum Gasteiger partial charge on any atom is 0.490 e. The van der Waals surface area contributed by atoms with E-state index in [1.807, 2.05) is 13.0 Å². The molecule has 1 aromatic heterocycles. The summed E-state index contributed by atoms with van der Waals surface area (Å²) >= 11 is 0. The first-order valence-corrected chi connectivity index (χ1v) is 9.65. The number of aliphatic carboxylic acids is 2. The van der Waals surface area contributed by atoms with Crippen LogP contribution in [0.4, 0.5) is 26.3 Å². The molecule has 2 N–H and O–H groups in total. The lowest BCUT2D eigenvalue weighted by Gasteiger charge is -2.21. The Labute approximate surface area is 185 Å². The molecule has 3 atom stereocenters. The fourth-order valence-corrected chi connectivity index (χ4v) is 3.46. The van der Waals surface area contributed by atoms with Crippen molar-refractivity contribution in [2.45, 2.75) is 31.9 Å². The fraction of sp³-hybridized carbons (Fsp3) is 0.684. The molecule has 0 spiro atoms. The molecule has 0 aromatic carbocycles. The second kappa shape index (κ2) is 11.7. The first-order valence-electron chi connectivity index (χ1n) is 9.65. The van der Waals surface area contributed by atoms with Crippen molar-refractivity contribution in [2.24, 2.45) is 11.8 Å². The molecule has 2 fully saturated rings. The molecule has 33 heavy (non-hydrogen) atoms. The van der Waals surface area contributed by atoms with Crippen LogP contribution in [0, 0.1) is 18.8 Å². The molecule has 2 aliphatic rings. The third-order valence-electron chi connectivity index (χ3n) is 4.77. The maximum atomic E-state index is 10.6. The fourth-order valence-electron chi connectivity index (χ4n) is 3.46. The van der Waals surface area contributed by atoms with Crippen LogP contribution in [0.25, 0.3) is 0 Å². The van der Waals surface area contributed by atoms with Gasteiger partial charge >= 0.3 is 24.3 Å². The first-order chi connectivity index (χ1) is 15.0. The van der Waals surface area contributed by atoms with Crippen LogP contribution < -0.4 is 0 Å². The molecule has 0 bridgehead atoms. The molecule has 1 aromatic rings. The molecule has 0 unspecified atom stereocenters. The lowest BCUT2D eigenvalue weighted by Crippen LogP contribution is -2.30. The van der Waals surface area contributed by atoms with Crippen LogP contribution in [0.3, 0.4) is 0 Å². The van der Waals surface area contributed by atoms with E-state index in [9.17, 15) is 26.3 Å². The summed E-state index contributed by atoms with van der Waals surface area (Å²) in [5, 5.41) is 14.2. The average molecular weight is 492 g/mol. The highest BCUT2D eigenvalue weighted by Crippen LogP contribution is 2.34. The van der Waals surface area contributed by atoms with Gasteiger partial charge in [0.2, 0.25) is 0 Å². The van der Waals surface area contributed by atoms with Crippen LogP contribution in [0.5, 0.6) is 0 Å². The van der Waals surface area contributed by atoms with Crippen LogP contribution in [-0.2, 0) is 20.9 Å². The van der Waals surface area contributed by atoms with Crippen molar-refractivity contribution in [3.8, 4) is 0 Å². The zero-order valence-corrected chi connectivity index (χ0v) is 18.1. The molecular formula is C19H26F6N2O6. The largest absolute Gasteiger partial charge is 0.490 e. The minimum atomic E-state index is -5.08. The number of rotatable bonds is 4. The summed E-state index contributed by atoms with van der Waals surface area (Å²) in [6.07, 6.45) is -9.74. The van der Waals surface area contributed by atoms with Crippen molar-refractivity contribution in [3.63, 3.8) is 0 Å². The molecule has 0 saturated carbocycles. The highest BCUT2D eigenvalue weighted by molar-refractivity contribution is 5.73. The number of furan rings is 1. The minimum Gasteiger partial charge on any atom is -0.475 e. The Morgan fingerprint density at radius 3 is 1.97 bits per heavy atom. The molecule has 0 radical (unpaired) electrons. The number of fused-ring (bicyclic) bond motifs is 1. The third kappa shape index (κ3) is 10.0. The Balaban J connectivity index is 0.000000324. The van der Waals surface area contributed by atoms with Crippen LogP contribution in [0.1, 0.15) is 11.5 Å². The molecule has 0 amide bonds. The second-order valence-corrected chi connectivity index (χ2v) is 7.87. The Bertz CT molecular complexity index is 756. The van der Waals surface area contributed by atoms with E-state index in [1.165, 1.54) is 0 Å². The van der Waals surface area contributed by atoms with Crippen molar-refractivity contribution in [2.75, 3.05) is 40.3 Å². The summed E-state index contributed by atoms with van der Waals surface area (Å²) in [7, 11) is 4.29. The summed E-state index contributed by atoms with van der Waals surface area (Å²) in [5.41, 5.74) is 0. The Kier molecular flexibility index (Phi) is 10.2. The van der Waals surface area contributed by atoms with E-state index in [0.29, 0.717) is 17.9 Å². The summed E-state index contributed by atoms with van der Waals surface area (Å²) in [6.45, 7) is 7.17. The number of carbonyl (C=O) groups is 2. The first kappa shape index (κ1) is 28.7. The van der Waals surface area contributed by atoms with E-state index in [-0.39, 0.29) is 0 Å². The van der Waals surface area contributed by atoms with Crippen LogP contribution in [0.15, 0.2) is 16.5 Å². The standard InChI is InChI=1S/C15H24N2O2.2C2HF3O2/c1-11-4-5-13(19-11)7-17-8-14-12(6-16(2)3)10-18-15(14)9-17;2*3-2(4,5)1(6)7/h4-5,12,14-15H,6-10H2,1-3H3;2*(H,6,7)/t12-,14+,15+;;/m0../s1. The number of alkyl halides is 6. The number of nitrogens with zero attached hydrogens (tertiary/aromatic N) is 2. The Hall–Kier alpha value is -2.32. The number of carboxylic acid groups (broad SMARTS) is 2. The molecule has 14 heteroatoms. The van der Waals surface area contributed by atoms with E-state index in [1.54, 1.807) is 0 Å². The van der Waals surface area contributed by atoms with Crippen molar-refractivity contribution < 1.29 is 55.3 Å². The van der Waals surface area contributed by atoms with Gasteiger partial charge in [0.15, 0.2) is 0 Å². The van der Waals surface area contributed by atoms with Gasteiger partial charge in [0.05, 0.1) is 19.3 Å². The summed E-state index contributed by atoms with van der Waals surface area (Å²) in [4.78, 5) is 22.5. The third-order valence-corrected chi connectivity index (χ3v) is 4.77. The van der Waals surface area contributed by atoms with Gasteiger partial charge in [-0.1, -0.05) is 0 Å². The van der Waals surface area contributed by atoms with Crippen molar-refractivity contribution in [1.82, 2.24) is 9.80 Å². The predicted octanol–water partition coefficient (Wildman–Crippen LogP) is 2.86. The smallest absolute Gasteiger partial charge is 0.475 e. The van der Waals surface area contributed by atoms with Crippen LogP contribution in [-0.4, -0.2) is 90.7 Å². The monoisotopic (exact) mass is 492 g/mol. The molecule has 2 saturated heterocycles. The van der Waals surface area contributed by atoms with Crippen molar-refractivity contribution >= 4 is 11.9 Å². The zero-order chi connectivity index (χ0) is 25.6. The molecule has 190 valence electrons. The number of hydrogen-bond donors (Lipinski definition) is 2. The van der Waals surface area contributed by atoms with Gasteiger partial charge in [-0.2, -0.15) is 26.3 Å². The number of hydrogen-bond acceptors (Lipinski definition) is 6. The normalized spacial score (nSPS) is 22.8. The summed E-state index contributed by atoms with van der Waals surface area (Å²) < 4.78 is 75.1.